The molecule has 32 heavy (non-hydrogen) atoms. The van der Waals surface area contributed by atoms with E-state index in [4.69, 9.17) is 14.2 Å². The lowest BCUT2D eigenvalue weighted by Gasteiger charge is -2.23. The van der Waals surface area contributed by atoms with E-state index in [9.17, 15) is 9.59 Å². The molecule has 0 bridgehead atoms. The van der Waals surface area contributed by atoms with Crippen molar-refractivity contribution in [2.75, 3.05) is 34.4 Å². The number of hydrogen-bond acceptors (Lipinski definition) is 6. The van der Waals surface area contributed by atoms with E-state index in [1.54, 1.807) is 17.0 Å². The summed E-state index contributed by atoms with van der Waals surface area (Å²) in [5.41, 5.74) is 2.12. The van der Waals surface area contributed by atoms with E-state index < -0.39 is 5.91 Å². The summed E-state index contributed by atoms with van der Waals surface area (Å²) >= 11 is 0. The van der Waals surface area contributed by atoms with Crippen molar-refractivity contribution >= 4 is 22.8 Å². The van der Waals surface area contributed by atoms with Crippen LogP contribution >= 0.6 is 0 Å². The largest absolute Gasteiger partial charge is 0.493 e. The number of amides is 2. The third kappa shape index (κ3) is 4.05. The Morgan fingerprint density at radius 2 is 1.84 bits per heavy atom. The maximum atomic E-state index is 12.9. The van der Waals surface area contributed by atoms with E-state index in [1.165, 1.54) is 21.3 Å². The van der Waals surface area contributed by atoms with Crippen molar-refractivity contribution in [3.8, 4) is 17.2 Å². The minimum atomic E-state index is -0.405. The Hall–Kier alpha value is -3.75. The molecule has 2 heterocycles. The highest BCUT2D eigenvalue weighted by Crippen LogP contribution is 2.38. The number of nitrogens with zero attached hydrogens (tertiary/aromatic N) is 2. The Labute approximate surface area is 185 Å². The van der Waals surface area contributed by atoms with Crippen LogP contribution in [0.5, 0.6) is 17.2 Å². The molecule has 1 fully saturated rings. The van der Waals surface area contributed by atoms with Gasteiger partial charge < -0.3 is 29.4 Å². The summed E-state index contributed by atoms with van der Waals surface area (Å²) < 4.78 is 15.9. The van der Waals surface area contributed by atoms with Crippen LogP contribution < -0.4 is 19.5 Å². The van der Waals surface area contributed by atoms with Crippen molar-refractivity contribution in [3.05, 3.63) is 47.8 Å². The van der Waals surface area contributed by atoms with Gasteiger partial charge in [0.25, 0.3) is 5.91 Å². The molecule has 3 aromatic rings. The first-order chi connectivity index (χ1) is 15.5. The highest BCUT2D eigenvalue weighted by molar-refractivity contribution is 5.97. The summed E-state index contributed by atoms with van der Waals surface area (Å²) in [6, 6.07) is 10.7. The number of ether oxygens (including phenoxy) is 3. The number of aromatic nitrogens is 2. The molecule has 1 saturated heterocycles. The van der Waals surface area contributed by atoms with Crippen molar-refractivity contribution in [2.24, 2.45) is 0 Å². The van der Waals surface area contributed by atoms with E-state index in [0.29, 0.717) is 29.4 Å². The van der Waals surface area contributed by atoms with Crippen molar-refractivity contribution in [3.63, 3.8) is 0 Å². The lowest BCUT2D eigenvalue weighted by Crippen LogP contribution is -2.40. The van der Waals surface area contributed by atoms with Crippen LogP contribution in [0.25, 0.3) is 11.0 Å². The van der Waals surface area contributed by atoms with Crippen LogP contribution in [0.1, 0.15) is 35.1 Å². The maximum absolute atomic E-state index is 12.9. The molecule has 0 aliphatic carbocycles. The molecule has 1 aliphatic rings. The van der Waals surface area contributed by atoms with Crippen LogP contribution in [0.15, 0.2) is 36.4 Å². The molecular formula is C23H26N4O5. The van der Waals surface area contributed by atoms with E-state index in [-0.39, 0.29) is 18.5 Å². The number of carbonyl (C=O) groups excluding carboxylic acids is 2. The second-order valence-electron chi connectivity index (χ2n) is 7.48. The molecule has 2 amide bonds. The maximum Gasteiger partial charge on any atom is 0.251 e. The van der Waals surface area contributed by atoms with Gasteiger partial charge in [-0.3, -0.25) is 9.59 Å². The standard InChI is InChI=1S/C23H26N4O5/c1-30-18-11-14(12-19(31-2)21(18)32-3)23(29)24-13-20(28)27-10-6-9-17(27)22-25-15-7-4-5-8-16(15)26-22/h4-5,7-8,11-12,17H,6,9-10,13H2,1-3H3,(H,24,29)(H,25,26)/t17-/m1/s1. The monoisotopic (exact) mass is 438 g/mol. The number of imidazole rings is 1. The molecule has 1 atom stereocenters. The summed E-state index contributed by atoms with van der Waals surface area (Å²) in [7, 11) is 4.45. The lowest BCUT2D eigenvalue weighted by atomic mass is 10.1. The van der Waals surface area contributed by atoms with Crippen LogP contribution in [0, 0.1) is 0 Å². The predicted molar refractivity (Wildman–Crippen MR) is 118 cm³/mol. The predicted octanol–water partition coefficient (Wildman–Crippen LogP) is 2.68. The molecule has 1 aliphatic heterocycles. The summed E-state index contributed by atoms with van der Waals surface area (Å²) in [6.45, 7) is 0.507. The highest BCUT2D eigenvalue weighted by atomic mass is 16.5. The zero-order valence-corrected chi connectivity index (χ0v) is 18.3. The van der Waals surface area contributed by atoms with Gasteiger partial charge in [-0.25, -0.2) is 4.98 Å². The summed E-state index contributed by atoms with van der Waals surface area (Å²) in [4.78, 5) is 35.4. The zero-order valence-electron chi connectivity index (χ0n) is 18.3. The minimum Gasteiger partial charge on any atom is -0.493 e. The SMILES string of the molecule is COc1cc(C(=O)NCC(=O)N2CCC[C@@H]2c2nc3ccccc3[nH]2)cc(OC)c1OC. The molecule has 9 heteroatoms. The second kappa shape index (κ2) is 9.17. The Morgan fingerprint density at radius 1 is 1.12 bits per heavy atom. The van der Waals surface area contributed by atoms with Crippen molar-refractivity contribution < 1.29 is 23.8 Å². The molecule has 1 aromatic heterocycles. The molecule has 0 radical (unpaired) electrons. The molecule has 0 unspecified atom stereocenters. The van der Waals surface area contributed by atoms with Gasteiger partial charge in [0.15, 0.2) is 11.5 Å². The Morgan fingerprint density at radius 3 is 2.50 bits per heavy atom. The molecule has 168 valence electrons. The summed E-state index contributed by atoms with van der Waals surface area (Å²) in [5.74, 6) is 1.34. The van der Waals surface area contributed by atoms with Gasteiger partial charge in [0.05, 0.1) is 44.9 Å². The topological polar surface area (TPSA) is 106 Å². The van der Waals surface area contributed by atoms with Crippen LogP contribution in [0.3, 0.4) is 0 Å². The number of benzene rings is 2. The van der Waals surface area contributed by atoms with E-state index in [1.807, 2.05) is 24.3 Å². The molecule has 0 saturated carbocycles. The molecule has 9 nitrogen and oxygen atoms in total. The third-order valence-electron chi connectivity index (χ3n) is 5.62. The molecule has 2 aromatic carbocycles. The van der Waals surface area contributed by atoms with Gasteiger partial charge in [-0.15, -0.1) is 0 Å². The number of aromatic amines is 1. The zero-order chi connectivity index (χ0) is 22.7. The van der Waals surface area contributed by atoms with Gasteiger partial charge in [-0.1, -0.05) is 12.1 Å². The first kappa shape index (κ1) is 21.5. The number of carbonyl (C=O) groups is 2. The fourth-order valence-corrected chi connectivity index (χ4v) is 4.05. The smallest absolute Gasteiger partial charge is 0.251 e. The lowest BCUT2D eigenvalue weighted by molar-refractivity contribution is -0.131. The van der Waals surface area contributed by atoms with Gasteiger partial charge in [0, 0.05) is 12.1 Å². The van der Waals surface area contributed by atoms with Crippen LogP contribution in [-0.4, -0.2) is 61.1 Å². The van der Waals surface area contributed by atoms with E-state index in [0.717, 1.165) is 29.7 Å². The summed E-state index contributed by atoms with van der Waals surface area (Å²) in [5, 5.41) is 2.70. The third-order valence-corrected chi connectivity index (χ3v) is 5.62. The highest BCUT2D eigenvalue weighted by Gasteiger charge is 2.32. The van der Waals surface area contributed by atoms with Gasteiger partial charge in [0.2, 0.25) is 11.7 Å². The second-order valence-corrected chi connectivity index (χ2v) is 7.48. The fraction of sp³-hybridized carbons (Fsp3) is 0.348. The number of fused-ring (bicyclic) bond motifs is 1. The quantitative estimate of drug-likeness (QED) is 0.588. The van der Waals surface area contributed by atoms with Gasteiger partial charge in [-0.2, -0.15) is 0 Å². The molecule has 0 spiro atoms. The fourth-order valence-electron chi connectivity index (χ4n) is 4.05. The van der Waals surface area contributed by atoms with Gasteiger partial charge >= 0.3 is 0 Å². The number of methoxy groups -OCH3 is 3. The van der Waals surface area contributed by atoms with Gasteiger partial charge in [-0.05, 0) is 37.1 Å². The van der Waals surface area contributed by atoms with E-state index >= 15 is 0 Å². The van der Waals surface area contributed by atoms with Crippen molar-refractivity contribution in [2.45, 2.75) is 18.9 Å². The number of nitrogens with one attached hydrogen (secondary N) is 2. The van der Waals surface area contributed by atoms with E-state index in [2.05, 4.69) is 15.3 Å². The summed E-state index contributed by atoms with van der Waals surface area (Å²) in [6.07, 6.45) is 1.71. The Kier molecular flexibility index (Phi) is 6.16. The normalized spacial score (nSPS) is 15.6. The average molecular weight is 438 g/mol. The van der Waals surface area contributed by atoms with Crippen molar-refractivity contribution in [1.82, 2.24) is 20.2 Å². The van der Waals surface area contributed by atoms with Crippen molar-refractivity contribution in [1.29, 1.82) is 0 Å². The number of H-pyrrole nitrogens is 1. The number of para-hydroxylation sites is 2. The first-order valence-corrected chi connectivity index (χ1v) is 10.4. The van der Waals surface area contributed by atoms with Crippen LogP contribution in [-0.2, 0) is 4.79 Å². The average Bonchev–Trinajstić information content (AvgIpc) is 3.48. The van der Waals surface area contributed by atoms with Gasteiger partial charge in [0.1, 0.15) is 5.82 Å². The minimum absolute atomic E-state index is 0.119. The Balaban J connectivity index is 1.45. The number of rotatable bonds is 7. The number of likely N-dealkylation sites (tertiary alicyclic amines) is 1. The Bertz CT molecular complexity index is 1080. The molecule has 4 rings (SSSR count). The number of hydrogen-bond donors (Lipinski definition) is 2. The first-order valence-electron chi connectivity index (χ1n) is 10.4. The van der Waals surface area contributed by atoms with Crippen LogP contribution in [0.4, 0.5) is 0 Å². The molecule has 2 N–H and O–H groups in total. The van der Waals surface area contributed by atoms with Crippen LogP contribution in [0.2, 0.25) is 0 Å². The molecular weight excluding hydrogens is 412 g/mol.